The lowest BCUT2D eigenvalue weighted by Gasteiger charge is -2.44. The van der Waals surface area contributed by atoms with Crippen LogP contribution in [0.5, 0.6) is 0 Å². The number of esters is 4. The van der Waals surface area contributed by atoms with Crippen molar-refractivity contribution in [1.82, 2.24) is 0 Å². The predicted molar refractivity (Wildman–Crippen MR) is 110 cm³/mol. The second-order valence-electron chi connectivity index (χ2n) is 7.30. The molecule has 1 saturated heterocycles. The summed E-state index contributed by atoms with van der Waals surface area (Å²) in [7, 11) is 0. The summed E-state index contributed by atoms with van der Waals surface area (Å²) in [6, 6.07) is 5.49. The van der Waals surface area contributed by atoms with Gasteiger partial charge in [0.2, 0.25) is 0 Å². The van der Waals surface area contributed by atoms with Crippen molar-refractivity contribution < 1.29 is 52.5 Å². The van der Waals surface area contributed by atoms with Gasteiger partial charge in [-0.15, -0.1) is 0 Å². The number of ether oxygens (including phenoxy) is 6. The number of nitrogens with zero attached hydrogens (tertiary/aromatic N) is 1. The Labute approximate surface area is 194 Å². The lowest BCUT2D eigenvalue weighted by molar-refractivity contribution is -0.384. The van der Waals surface area contributed by atoms with E-state index in [4.69, 9.17) is 28.4 Å². The zero-order valence-corrected chi connectivity index (χ0v) is 19.0. The van der Waals surface area contributed by atoms with Crippen LogP contribution in [0.4, 0.5) is 5.69 Å². The van der Waals surface area contributed by atoms with E-state index in [2.05, 4.69) is 0 Å². The van der Waals surface area contributed by atoms with Gasteiger partial charge in [-0.05, 0) is 17.7 Å². The van der Waals surface area contributed by atoms with Gasteiger partial charge in [0.1, 0.15) is 12.7 Å². The molecule has 0 bridgehead atoms. The molecular formula is C21H25NO12. The van der Waals surface area contributed by atoms with Crippen LogP contribution in [-0.2, 0) is 54.2 Å². The van der Waals surface area contributed by atoms with E-state index in [9.17, 15) is 29.3 Å². The maximum Gasteiger partial charge on any atom is 0.303 e. The number of hydrogen-bond donors (Lipinski definition) is 0. The molecule has 1 fully saturated rings. The fourth-order valence-electron chi connectivity index (χ4n) is 3.22. The van der Waals surface area contributed by atoms with Crippen LogP contribution in [0.3, 0.4) is 0 Å². The van der Waals surface area contributed by atoms with Gasteiger partial charge in [0.05, 0.1) is 11.5 Å². The van der Waals surface area contributed by atoms with Crippen LogP contribution in [0, 0.1) is 10.1 Å². The van der Waals surface area contributed by atoms with Crippen LogP contribution in [0.2, 0.25) is 0 Å². The number of carbonyl (C=O) groups is 4. The van der Waals surface area contributed by atoms with E-state index in [0.717, 1.165) is 27.7 Å². The number of nitro benzene ring substituents is 1. The van der Waals surface area contributed by atoms with E-state index in [1.165, 1.54) is 24.3 Å². The van der Waals surface area contributed by atoms with Crippen LogP contribution in [-0.4, -0.2) is 66.1 Å². The van der Waals surface area contributed by atoms with E-state index in [1.807, 2.05) is 0 Å². The highest BCUT2D eigenvalue weighted by molar-refractivity contribution is 5.68. The molecule has 13 nitrogen and oxygen atoms in total. The summed E-state index contributed by atoms with van der Waals surface area (Å²) in [5.41, 5.74) is 0.412. The second kappa shape index (κ2) is 12.0. The fraction of sp³-hybridized carbons (Fsp3) is 0.524. The van der Waals surface area contributed by atoms with Gasteiger partial charge in [0.25, 0.3) is 5.69 Å². The average Bonchev–Trinajstić information content (AvgIpc) is 2.73. The minimum atomic E-state index is -1.35. The van der Waals surface area contributed by atoms with E-state index in [1.54, 1.807) is 0 Å². The maximum absolute atomic E-state index is 11.8. The minimum absolute atomic E-state index is 0.115. The first-order valence-electron chi connectivity index (χ1n) is 10.1. The van der Waals surface area contributed by atoms with E-state index < -0.39 is 59.5 Å². The van der Waals surface area contributed by atoms with Crippen LogP contribution >= 0.6 is 0 Å². The van der Waals surface area contributed by atoms with E-state index in [0.29, 0.717) is 5.56 Å². The topological polar surface area (TPSA) is 167 Å². The molecule has 34 heavy (non-hydrogen) atoms. The number of benzene rings is 1. The van der Waals surface area contributed by atoms with Crippen molar-refractivity contribution in [3.05, 3.63) is 39.9 Å². The molecule has 2 rings (SSSR count). The van der Waals surface area contributed by atoms with Crippen molar-refractivity contribution in [3.8, 4) is 0 Å². The molecule has 1 aliphatic heterocycles. The first-order valence-corrected chi connectivity index (χ1v) is 10.1. The molecule has 0 unspecified atom stereocenters. The summed E-state index contributed by atoms with van der Waals surface area (Å²) in [5, 5.41) is 10.8. The second-order valence-corrected chi connectivity index (χ2v) is 7.30. The summed E-state index contributed by atoms with van der Waals surface area (Å²) in [6.45, 7) is 3.99. The van der Waals surface area contributed by atoms with Crippen molar-refractivity contribution in [2.75, 3.05) is 6.61 Å². The minimum Gasteiger partial charge on any atom is -0.463 e. The van der Waals surface area contributed by atoms with Crippen LogP contribution in [0.1, 0.15) is 33.3 Å². The van der Waals surface area contributed by atoms with Crippen LogP contribution in [0.15, 0.2) is 24.3 Å². The fourth-order valence-corrected chi connectivity index (χ4v) is 3.22. The number of carbonyl (C=O) groups excluding carboxylic acids is 4. The van der Waals surface area contributed by atoms with Crippen LogP contribution in [0.25, 0.3) is 0 Å². The van der Waals surface area contributed by atoms with Gasteiger partial charge in [-0.2, -0.15) is 0 Å². The molecule has 1 aliphatic rings. The van der Waals surface area contributed by atoms with Gasteiger partial charge in [0, 0.05) is 39.8 Å². The Balaban J connectivity index is 2.34. The lowest BCUT2D eigenvalue weighted by Crippen LogP contribution is -2.62. The smallest absolute Gasteiger partial charge is 0.303 e. The van der Waals surface area contributed by atoms with Crippen molar-refractivity contribution in [2.24, 2.45) is 0 Å². The Morgan fingerprint density at radius 2 is 1.38 bits per heavy atom. The third kappa shape index (κ3) is 7.78. The largest absolute Gasteiger partial charge is 0.463 e. The standard InChI is InChI=1S/C21H25NO12/c1-11(23)29-10-17-18(31-12(2)24)19(32-13(3)25)20(33-14(4)26)21(34-17)30-9-15-5-7-16(8-6-15)22(27)28/h5-8,17-21H,9-10H2,1-4H3/t17-,18-,19+,20-,21-/m1/s1. The SMILES string of the molecule is CC(=O)OC[C@H]1O[C@@H](OCc2ccc([N+](=O)[O-])cc2)[C@H](OC(C)=O)[C@@H](OC(C)=O)[C@@H]1OC(C)=O. The molecule has 0 amide bonds. The van der Waals surface area contributed by atoms with Crippen molar-refractivity contribution in [3.63, 3.8) is 0 Å². The molecule has 1 aromatic rings. The molecule has 0 N–H and O–H groups in total. The molecule has 1 heterocycles. The molecule has 186 valence electrons. The Morgan fingerprint density at radius 1 is 0.853 bits per heavy atom. The van der Waals surface area contributed by atoms with Gasteiger partial charge >= 0.3 is 23.9 Å². The third-order valence-electron chi connectivity index (χ3n) is 4.51. The molecule has 0 spiro atoms. The average molecular weight is 483 g/mol. The molecule has 0 saturated carbocycles. The Bertz CT molecular complexity index is 915. The normalized spacial score (nSPS) is 23.9. The number of rotatable bonds is 9. The van der Waals surface area contributed by atoms with Crippen LogP contribution < -0.4 is 0 Å². The molecular weight excluding hydrogens is 458 g/mol. The van der Waals surface area contributed by atoms with Gasteiger partial charge in [-0.1, -0.05) is 0 Å². The molecule has 0 aromatic heterocycles. The Kier molecular flexibility index (Phi) is 9.45. The van der Waals surface area contributed by atoms with Gasteiger partial charge in [-0.25, -0.2) is 0 Å². The van der Waals surface area contributed by atoms with E-state index >= 15 is 0 Å². The first-order chi connectivity index (χ1) is 16.0. The first kappa shape index (κ1) is 26.7. The van der Waals surface area contributed by atoms with Crippen molar-refractivity contribution >= 4 is 29.6 Å². The summed E-state index contributed by atoms with van der Waals surface area (Å²) < 4.78 is 32.4. The van der Waals surface area contributed by atoms with Crippen molar-refractivity contribution in [2.45, 2.75) is 65.0 Å². The quantitative estimate of drug-likeness (QED) is 0.213. The maximum atomic E-state index is 11.8. The highest BCUT2D eigenvalue weighted by Crippen LogP contribution is 2.30. The van der Waals surface area contributed by atoms with Crippen molar-refractivity contribution in [1.29, 1.82) is 0 Å². The lowest BCUT2D eigenvalue weighted by atomic mass is 9.98. The Morgan fingerprint density at radius 3 is 1.88 bits per heavy atom. The molecule has 0 radical (unpaired) electrons. The summed E-state index contributed by atoms with van der Waals surface area (Å²) in [4.78, 5) is 56.9. The highest BCUT2D eigenvalue weighted by Gasteiger charge is 2.52. The van der Waals surface area contributed by atoms with E-state index in [-0.39, 0.29) is 18.9 Å². The summed E-state index contributed by atoms with van der Waals surface area (Å²) in [6.07, 6.45) is -6.45. The zero-order valence-electron chi connectivity index (χ0n) is 19.0. The van der Waals surface area contributed by atoms with Gasteiger partial charge < -0.3 is 28.4 Å². The zero-order chi connectivity index (χ0) is 25.4. The molecule has 0 aliphatic carbocycles. The summed E-state index contributed by atoms with van der Waals surface area (Å²) in [5.74, 6) is -2.90. The third-order valence-corrected chi connectivity index (χ3v) is 4.51. The molecule has 1 aromatic carbocycles. The molecule has 13 heteroatoms. The number of non-ortho nitro benzene ring substituents is 1. The van der Waals surface area contributed by atoms with Gasteiger partial charge in [-0.3, -0.25) is 29.3 Å². The highest BCUT2D eigenvalue weighted by atomic mass is 16.7. The number of hydrogen-bond acceptors (Lipinski definition) is 12. The summed E-state index contributed by atoms with van der Waals surface area (Å²) >= 11 is 0. The number of nitro groups is 1. The monoisotopic (exact) mass is 483 g/mol. The predicted octanol–water partition coefficient (Wildman–Crippen LogP) is 1.19. The Hall–Kier alpha value is -3.58. The van der Waals surface area contributed by atoms with Gasteiger partial charge in [0.15, 0.2) is 24.6 Å². The molecule has 5 atom stereocenters.